The quantitative estimate of drug-likeness (QED) is 0.847. The number of aromatic nitrogens is 1. The smallest absolute Gasteiger partial charge is 0.244 e. The van der Waals surface area contributed by atoms with Gasteiger partial charge in [-0.3, -0.25) is 4.98 Å². The summed E-state index contributed by atoms with van der Waals surface area (Å²) in [7, 11) is -1.91. The summed E-state index contributed by atoms with van der Waals surface area (Å²) in [5.41, 5.74) is 5.95. The molecule has 1 aromatic heterocycles. The second kappa shape index (κ2) is 6.26. The van der Waals surface area contributed by atoms with Crippen molar-refractivity contribution < 1.29 is 8.42 Å². The van der Waals surface area contributed by atoms with Crippen molar-refractivity contribution >= 4 is 10.0 Å². The lowest BCUT2D eigenvalue weighted by atomic mass is 10.2. The van der Waals surface area contributed by atoms with Crippen LogP contribution in [-0.2, 0) is 16.6 Å². The van der Waals surface area contributed by atoms with Gasteiger partial charge in [0.05, 0.1) is 5.69 Å². The highest BCUT2D eigenvalue weighted by Gasteiger charge is 2.27. The zero-order valence-electron chi connectivity index (χ0n) is 11.1. The van der Waals surface area contributed by atoms with E-state index in [1.807, 2.05) is 13.8 Å². The summed E-state index contributed by atoms with van der Waals surface area (Å²) in [4.78, 5) is 4.23. The lowest BCUT2D eigenvalue weighted by Crippen LogP contribution is -2.35. The first kappa shape index (κ1) is 15.1. The third-order valence-corrected chi connectivity index (χ3v) is 5.07. The molecule has 0 spiro atoms. The Hall–Kier alpha value is -0.980. The maximum atomic E-state index is 12.5. The molecule has 0 saturated heterocycles. The number of hydrogen-bond acceptors (Lipinski definition) is 4. The highest BCUT2D eigenvalue weighted by molar-refractivity contribution is 7.89. The van der Waals surface area contributed by atoms with E-state index in [1.54, 1.807) is 25.4 Å². The molecule has 1 unspecified atom stereocenters. The van der Waals surface area contributed by atoms with Crippen LogP contribution in [0.4, 0.5) is 0 Å². The zero-order chi connectivity index (χ0) is 13.8. The average molecular weight is 271 g/mol. The molecule has 0 aromatic carbocycles. The number of pyridine rings is 1. The molecular weight excluding hydrogens is 250 g/mol. The summed E-state index contributed by atoms with van der Waals surface area (Å²) in [6, 6.07) is 3.13. The molecule has 18 heavy (non-hydrogen) atoms. The molecule has 6 heteroatoms. The first-order valence-corrected chi connectivity index (χ1v) is 7.51. The molecule has 0 saturated carbocycles. The van der Waals surface area contributed by atoms with Crippen LogP contribution in [0.1, 0.15) is 32.4 Å². The number of nitrogens with two attached hydrogens (primary N) is 1. The van der Waals surface area contributed by atoms with Crippen molar-refractivity contribution in [3.05, 3.63) is 24.0 Å². The zero-order valence-corrected chi connectivity index (χ0v) is 11.9. The van der Waals surface area contributed by atoms with Crippen LogP contribution in [0.15, 0.2) is 23.2 Å². The summed E-state index contributed by atoms with van der Waals surface area (Å²) >= 11 is 0. The Morgan fingerprint density at radius 2 is 2.17 bits per heavy atom. The van der Waals surface area contributed by atoms with Crippen molar-refractivity contribution in [2.75, 3.05) is 7.05 Å². The van der Waals surface area contributed by atoms with Crippen molar-refractivity contribution in [2.45, 2.75) is 44.2 Å². The van der Waals surface area contributed by atoms with Crippen LogP contribution in [0.3, 0.4) is 0 Å². The monoisotopic (exact) mass is 271 g/mol. The molecule has 5 nitrogen and oxygen atoms in total. The van der Waals surface area contributed by atoms with Gasteiger partial charge in [-0.1, -0.05) is 13.3 Å². The predicted octanol–water partition coefficient (Wildman–Crippen LogP) is 1.35. The number of nitrogens with zero attached hydrogens (tertiary/aromatic N) is 2. The van der Waals surface area contributed by atoms with Crippen LogP contribution in [0.5, 0.6) is 0 Å². The van der Waals surface area contributed by atoms with Crippen LogP contribution in [-0.4, -0.2) is 30.8 Å². The average Bonchev–Trinajstić information content (AvgIpc) is 2.38. The third-order valence-electron chi connectivity index (χ3n) is 3.03. The summed E-state index contributed by atoms with van der Waals surface area (Å²) in [5, 5.41) is 0. The highest BCUT2D eigenvalue weighted by Crippen LogP contribution is 2.20. The van der Waals surface area contributed by atoms with Crippen LogP contribution in [0.2, 0.25) is 0 Å². The molecule has 1 aromatic rings. The molecule has 0 aliphatic rings. The van der Waals surface area contributed by atoms with Gasteiger partial charge in [0.2, 0.25) is 10.0 Å². The summed E-state index contributed by atoms with van der Waals surface area (Å²) in [5.74, 6) is 0. The largest absolute Gasteiger partial charge is 0.325 e. The highest BCUT2D eigenvalue weighted by atomic mass is 32.2. The van der Waals surface area contributed by atoms with E-state index < -0.39 is 10.0 Å². The van der Waals surface area contributed by atoms with Gasteiger partial charge in [0.25, 0.3) is 0 Å². The van der Waals surface area contributed by atoms with E-state index in [2.05, 4.69) is 4.98 Å². The number of rotatable bonds is 6. The molecule has 0 radical (unpaired) electrons. The Morgan fingerprint density at radius 3 is 2.72 bits per heavy atom. The van der Waals surface area contributed by atoms with Gasteiger partial charge in [-0.15, -0.1) is 0 Å². The predicted molar refractivity (Wildman–Crippen MR) is 71.4 cm³/mol. The molecule has 0 aliphatic carbocycles. The van der Waals surface area contributed by atoms with E-state index in [-0.39, 0.29) is 17.5 Å². The normalized spacial score (nSPS) is 13.8. The van der Waals surface area contributed by atoms with Gasteiger partial charge >= 0.3 is 0 Å². The first-order valence-electron chi connectivity index (χ1n) is 6.07. The van der Waals surface area contributed by atoms with Crippen molar-refractivity contribution in [1.82, 2.24) is 9.29 Å². The molecule has 102 valence electrons. The van der Waals surface area contributed by atoms with E-state index in [4.69, 9.17) is 5.73 Å². The van der Waals surface area contributed by atoms with Gasteiger partial charge in [-0.05, 0) is 25.5 Å². The van der Waals surface area contributed by atoms with Crippen LogP contribution >= 0.6 is 0 Å². The first-order chi connectivity index (χ1) is 8.45. The molecule has 0 amide bonds. The second-order valence-electron chi connectivity index (χ2n) is 4.31. The van der Waals surface area contributed by atoms with Crippen LogP contribution in [0.25, 0.3) is 0 Å². The van der Waals surface area contributed by atoms with Gasteiger partial charge in [-0.25, -0.2) is 8.42 Å². The van der Waals surface area contributed by atoms with Gasteiger partial charge in [-0.2, -0.15) is 4.31 Å². The minimum Gasteiger partial charge on any atom is -0.325 e. The Bertz CT molecular complexity index is 488. The SMILES string of the molecule is CCCC(C)N(C)S(=O)(=O)c1cccnc1CN. The molecule has 0 aliphatic heterocycles. The number of sulfonamides is 1. The molecule has 1 heterocycles. The molecular formula is C12H21N3O2S. The standard InChI is InChI=1S/C12H21N3O2S/c1-4-6-10(2)15(3)18(16,17)12-7-5-8-14-11(12)9-13/h5,7-8,10H,4,6,9,13H2,1-3H3. The lowest BCUT2D eigenvalue weighted by molar-refractivity contribution is 0.368. The molecule has 0 bridgehead atoms. The Morgan fingerprint density at radius 1 is 1.50 bits per heavy atom. The Kier molecular flexibility index (Phi) is 5.25. The minimum atomic E-state index is -3.51. The van der Waals surface area contributed by atoms with E-state index in [0.717, 1.165) is 12.8 Å². The van der Waals surface area contributed by atoms with Crippen LogP contribution in [0, 0.1) is 0 Å². The van der Waals surface area contributed by atoms with Crippen LogP contribution < -0.4 is 5.73 Å². The fourth-order valence-electron chi connectivity index (χ4n) is 1.80. The van der Waals surface area contributed by atoms with Crippen molar-refractivity contribution in [1.29, 1.82) is 0 Å². The summed E-state index contributed by atoms with van der Waals surface area (Å²) < 4.78 is 26.3. The van der Waals surface area contributed by atoms with E-state index in [0.29, 0.717) is 5.69 Å². The summed E-state index contributed by atoms with van der Waals surface area (Å²) in [6.45, 7) is 4.05. The fraction of sp³-hybridized carbons (Fsp3) is 0.583. The van der Waals surface area contributed by atoms with E-state index in [9.17, 15) is 8.42 Å². The van der Waals surface area contributed by atoms with Crippen molar-refractivity contribution in [3.63, 3.8) is 0 Å². The number of hydrogen-bond donors (Lipinski definition) is 1. The van der Waals surface area contributed by atoms with Crippen molar-refractivity contribution in [2.24, 2.45) is 5.73 Å². The van der Waals surface area contributed by atoms with Gasteiger partial charge < -0.3 is 5.73 Å². The maximum absolute atomic E-state index is 12.5. The molecule has 0 fully saturated rings. The van der Waals surface area contributed by atoms with Gasteiger partial charge in [0.15, 0.2) is 0 Å². The second-order valence-corrected chi connectivity index (χ2v) is 6.28. The molecule has 1 rings (SSSR count). The Labute approximate surface area is 109 Å². The molecule has 1 atom stereocenters. The lowest BCUT2D eigenvalue weighted by Gasteiger charge is -2.24. The van der Waals surface area contributed by atoms with E-state index >= 15 is 0 Å². The minimum absolute atomic E-state index is 0.0363. The fourth-order valence-corrected chi connectivity index (χ4v) is 3.38. The van der Waals surface area contributed by atoms with E-state index in [1.165, 1.54) is 4.31 Å². The molecule has 2 N–H and O–H groups in total. The van der Waals surface area contributed by atoms with Gasteiger partial charge in [0.1, 0.15) is 4.90 Å². The summed E-state index contributed by atoms with van der Waals surface area (Å²) in [6.07, 6.45) is 3.32. The third kappa shape index (κ3) is 3.07. The van der Waals surface area contributed by atoms with Crippen molar-refractivity contribution in [3.8, 4) is 0 Å². The topological polar surface area (TPSA) is 76.3 Å². The Balaban J connectivity index is 3.13. The van der Waals surface area contributed by atoms with Gasteiger partial charge in [0, 0.05) is 25.8 Å². The maximum Gasteiger partial charge on any atom is 0.244 e.